The fourth-order valence-electron chi connectivity index (χ4n) is 3.10. The van der Waals surface area contributed by atoms with Crippen LogP contribution in [0.2, 0.25) is 0 Å². The van der Waals surface area contributed by atoms with Crippen molar-refractivity contribution in [1.82, 2.24) is 9.97 Å². The Balaban J connectivity index is 1.79. The maximum absolute atomic E-state index is 12.5. The van der Waals surface area contributed by atoms with Crippen molar-refractivity contribution in [3.8, 4) is 0 Å². The van der Waals surface area contributed by atoms with Crippen LogP contribution < -0.4 is 10.2 Å². The van der Waals surface area contributed by atoms with Crippen LogP contribution in [0, 0.1) is 0 Å². The molecule has 1 unspecified atom stereocenters. The van der Waals surface area contributed by atoms with Gasteiger partial charge in [-0.25, -0.2) is 9.97 Å². The van der Waals surface area contributed by atoms with Gasteiger partial charge in [0.2, 0.25) is 0 Å². The average molecular weight is 389 g/mol. The van der Waals surface area contributed by atoms with E-state index < -0.39 is 0 Å². The van der Waals surface area contributed by atoms with E-state index in [0.29, 0.717) is 11.7 Å². The van der Waals surface area contributed by atoms with Gasteiger partial charge in [0.1, 0.15) is 17.8 Å². The first kappa shape index (κ1) is 16.9. The first-order valence-electron chi connectivity index (χ1n) is 8.33. The van der Waals surface area contributed by atoms with E-state index in [1.807, 2.05) is 24.3 Å². The lowest BCUT2D eigenvalue weighted by Gasteiger charge is -2.36. The molecule has 0 saturated carbocycles. The standard InChI is InChI=1S/C18H21BrN4O/c1-2-13-7-5-6-10-23(13)17-11-16(20-12-21-17)18(24)22-15-9-4-3-8-14(15)19/h3-4,8-9,11-13H,2,5-7,10H2,1H3,(H,22,24). The van der Waals surface area contributed by atoms with Gasteiger partial charge >= 0.3 is 0 Å². The number of amides is 1. The molecule has 1 aliphatic rings. The zero-order chi connectivity index (χ0) is 16.9. The predicted octanol–water partition coefficient (Wildman–Crippen LogP) is 4.26. The molecule has 1 aromatic carbocycles. The number of piperidine rings is 1. The number of hydrogen-bond acceptors (Lipinski definition) is 4. The molecule has 5 nitrogen and oxygen atoms in total. The third-order valence-corrected chi connectivity index (χ3v) is 5.09. The average Bonchev–Trinajstić information content (AvgIpc) is 2.63. The number of nitrogens with zero attached hydrogens (tertiary/aromatic N) is 3. The Bertz CT molecular complexity index is 722. The summed E-state index contributed by atoms with van der Waals surface area (Å²) < 4.78 is 0.842. The van der Waals surface area contributed by atoms with Crippen LogP contribution in [-0.4, -0.2) is 28.5 Å². The number of hydrogen-bond donors (Lipinski definition) is 1. The molecule has 0 spiro atoms. The predicted molar refractivity (Wildman–Crippen MR) is 99.4 cm³/mol. The van der Waals surface area contributed by atoms with Crippen LogP contribution in [0.4, 0.5) is 11.5 Å². The van der Waals surface area contributed by atoms with Gasteiger partial charge in [-0.1, -0.05) is 19.1 Å². The van der Waals surface area contributed by atoms with E-state index in [-0.39, 0.29) is 5.91 Å². The smallest absolute Gasteiger partial charge is 0.274 e. The van der Waals surface area contributed by atoms with Gasteiger partial charge in [0.15, 0.2) is 0 Å². The number of rotatable bonds is 4. The Hall–Kier alpha value is -1.95. The summed E-state index contributed by atoms with van der Waals surface area (Å²) in [6, 6.07) is 9.81. The van der Waals surface area contributed by atoms with Gasteiger partial charge in [0, 0.05) is 23.1 Å². The second kappa shape index (κ2) is 7.75. The molecule has 126 valence electrons. The van der Waals surface area contributed by atoms with Crippen LogP contribution in [0.3, 0.4) is 0 Å². The summed E-state index contributed by atoms with van der Waals surface area (Å²) in [5.74, 6) is 0.615. The number of nitrogens with one attached hydrogen (secondary N) is 1. The van der Waals surface area contributed by atoms with E-state index in [0.717, 1.165) is 28.9 Å². The van der Waals surface area contributed by atoms with E-state index in [2.05, 4.69) is 43.0 Å². The van der Waals surface area contributed by atoms with E-state index >= 15 is 0 Å². The molecule has 0 aliphatic carbocycles. The van der Waals surface area contributed by atoms with Gasteiger partial charge in [-0.15, -0.1) is 0 Å². The van der Waals surface area contributed by atoms with Crippen molar-refractivity contribution in [2.45, 2.75) is 38.6 Å². The van der Waals surface area contributed by atoms with Gasteiger partial charge in [0.25, 0.3) is 5.91 Å². The van der Waals surface area contributed by atoms with Crippen LogP contribution >= 0.6 is 15.9 Å². The number of para-hydroxylation sites is 1. The highest BCUT2D eigenvalue weighted by Gasteiger charge is 2.23. The Labute approximate surface area is 150 Å². The van der Waals surface area contributed by atoms with E-state index in [1.165, 1.54) is 25.6 Å². The highest BCUT2D eigenvalue weighted by atomic mass is 79.9. The van der Waals surface area contributed by atoms with Crippen LogP contribution in [0.15, 0.2) is 41.1 Å². The summed E-state index contributed by atoms with van der Waals surface area (Å²) in [5.41, 5.74) is 1.11. The molecule has 1 amide bonds. The molecule has 0 radical (unpaired) electrons. The summed E-state index contributed by atoms with van der Waals surface area (Å²) >= 11 is 3.44. The minimum Gasteiger partial charge on any atom is -0.354 e. The second-order valence-corrected chi connectivity index (χ2v) is 6.80. The van der Waals surface area contributed by atoms with Gasteiger partial charge in [-0.2, -0.15) is 0 Å². The number of carbonyl (C=O) groups is 1. The van der Waals surface area contributed by atoms with E-state index in [9.17, 15) is 4.79 Å². The molecule has 1 aliphatic heterocycles. The first-order valence-corrected chi connectivity index (χ1v) is 9.13. The number of carbonyl (C=O) groups excluding carboxylic acids is 1. The van der Waals surface area contributed by atoms with Crippen molar-refractivity contribution in [1.29, 1.82) is 0 Å². The monoisotopic (exact) mass is 388 g/mol. The maximum Gasteiger partial charge on any atom is 0.274 e. The fraction of sp³-hybridized carbons (Fsp3) is 0.389. The molecule has 2 heterocycles. The molecule has 1 N–H and O–H groups in total. The topological polar surface area (TPSA) is 58.1 Å². The number of halogens is 1. The number of anilines is 2. The lowest BCUT2D eigenvalue weighted by molar-refractivity contribution is 0.102. The summed E-state index contributed by atoms with van der Waals surface area (Å²) in [6.45, 7) is 3.19. The first-order chi connectivity index (χ1) is 11.7. The van der Waals surface area contributed by atoms with Crippen LogP contribution in [0.5, 0.6) is 0 Å². The molecule has 3 rings (SSSR count). The molecule has 6 heteroatoms. The van der Waals surface area contributed by atoms with Crippen molar-refractivity contribution in [3.05, 3.63) is 46.8 Å². The zero-order valence-electron chi connectivity index (χ0n) is 13.7. The molecule has 1 fully saturated rings. The largest absolute Gasteiger partial charge is 0.354 e. The summed E-state index contributed by atoms with van der Waals surface area (Å²) in [7, 11) is 0. The fourth-order valence-corrected chi connectivity index (χ4v) is 3.49. The lowest BCUT2D eigenvalue weighted by Crippen LogP contribution is -2.39. The van der Waals surface area contributed by atoms with Crippen molar-refractivity contribution < 1.29 is 4.79 Å². The van der Waals surface area contributed by atoms with Crippen molar-refractivity contribution in [2.75, 3.05) is 16.8 Å². The number of benzene rings is 1. The third-order valence-electron chi connectivity index (χ3n) is 4.40. The summed E-state index contributed by atoms with van der Waals surface area (Å²) in [6.07, 6.45) is 6.17. The van der Waals surface area contributed by atoms with E-state index in [4.69, 9.17) is 0 Å². The number of aromatic nitrogens is 2. The van der Waals surface area contributed by atoms with Gasteiger partial charge in [0.05, 0.1) is 5.69 Å². The van der Waals surface area contributed by atoms with E-state index in [1.54, 1.807) is 6.07 Å². The Morgan fingerprint density at radius 1 is 1.33 bits per heavy atom. The van der Waals surface area contributed by atoms with Crippen LogP contribution in [0.25, 0.3) is 0 Å². The summed E-state index contributed by atoms with van der Waals surface area (Å²) in [5, 5.41) is 2.89. The molecule has 24 heavy (non-hydrogen) atoms. The lowest BCUT2D eigenvalue weighted by atomic mass is 10.00. The molecular formula is C18H21BrN4O. The van der Waals surface area contributed by atoms with Crippen molar-refractivity contribution >= 4 is 33.3 Å². The highest BCUT2D eigenvalue weighted by molar-refractivity contribution is 9.10. The highest BCUT2D eigenvalue weighted by Crippen LogP contribution is 2.26. The Morgan fingerprint density at radius 2 is 2.17 bits per heavy atom. The second-order valence-electron chi connectivity index (χ2n) is 5.95. The molecular weight excluding hydrogens is 368 g/mol. The minimum absolute atomic E-state index is 0.226. The van der Waals surface area contributed by atoms with Crippen molar-refractivity contribution in [3.63, 3.8) is 0 Å². The zero-order valence-corrected chi connectivity index (χ0v) is 15.3. The normalized spacial score (nSPS) is 17.6. The molecule has 0 bridgehead atoms. The SMILES string of the molecule is CCC1CCCCN1c1cc(C(=O)Nc2ccccc2Br)ncn1. The summed E-state index contributed by atoms with van der Waals surface area (Å²) in [4.78, 5) is 23.4. The molecule has 1 aromatic heterocycles. The molecule has 2 aromatic rings. The molecule has 1 saturated heterocycles. The molecule has 1 atom stereocenters. The Morgan fingerprint density at radius 3 is 2.96 bits per heavy atom. The maximum atomic E-state index is 12.5. The Kier molecular flexibility index (Phi) is 5.45. The van der Waals surface area contributed by atoms with Crippen LogP contribution in [0.1, 0.15) is 43.1 Å². The van der Waals surface area contributed by atoms with Crippen LogP contribution in [-0.2, 0) is 0 Å². The van der Waals surface area contributed by atoms with Crippen molar-refractivity contribution in [2.24, 2.45) is 0 Å². The quantitative estimate of drug-likeness (QED) is 0.849. The van der Waals surface area contributed by atoms with Gasteiger partial charge < -0.3 is 10.2 Å². The minimum atomic E-state index is -0.226. The van der Waals surface area contributed by atoms with Gasteiger partial charge in [-0.3, -0.25) is 4.79 Å². The van der Waals surface area contributed by atoms with Gasteiger partial charge in [-0.05, 0) is 53.7 Å². The third kappa shape index (κ3) is 3.75.